The van der Waals surface area contributed by atoms with Crippen molar-refractivity contribution < 1.29 is 0 Å². The zero-order valence-electron chi connectivity index (χ0n) is 8.23. The molecule has 0 saturated heterocycles. The lowest BCUT2D eigenvalue weighted by Crippen LogP contribution is -2.22. The number of nitrogens with zero attached hydrogens (tertiary/aromatic N) is 3. The summed E-state index contributed by atoms with van der Waals surface area (Å²) in [5.41, 5.74) is 11.5. The molecule has 0 fully saturated rings. The standard InChI is InChI=1S/C8H11N5OS/c1-2-3-4-5(9)11-8-13(6(4)14)12-7(10)15-8/h2-3,9H2,1H3,(H2,10,12). The van der Waals surface area contributed by atoms with Gasteiger partial charge in [0.15, 0.2) is 0 Å². The fourth-order valence-corrected chi connectivity index (χ4v) is 2.06. The van der Waals surface area contributed by atoms with Crippen LogP contribution in [-0.4, -0.2) is 14.6 Å². The summed E-state index contributed by atoms with van der Waals surface area (Å²) in [7, 11) is 0. The number of rotatable bonds is 2. The van der Waals surface area contributed by atoms with Gasteiger partial charge in [0.1, 0.15) is 5.82 Å². The van der Waals surface area contributed by atoms with Crippen LogP contribution >= 0.6 is 11.3 Å². The summed E-state index contributed by atoms with van der Waals surface area (Å²) in [6.07, 6.45) is 1.45. The second-order valence-electron chi connectivity index (χ2n) is 3.17. The number of nitrogens with two attached hydrogens (primary N) is 2. The minimum atomic E-state index is -0.215. The van der Waals surface area contributed by atoms with Crippen LogP contribution in [0.2, 0.25) is 0 Å². The van der Waals surface area contributed by atoms with Gasteiger partial charge in [0.2, 0.25) is 10.1 Å². The van der Waals surface area contributed by atoms with Gasteiger partial charge in [0.05, 0.1) is 5.56 Å². The van der Waals surface area contributed by atoms with Gasteiger partial charge in [-0.2, -0.15) is 4.52 Å². The molecule has 2 heterocycles. The van der Waals surface area contributed by atoms with Crippen LogP contribution in [0.1, 0.15) is 18.9 Å². The van der Waals surface area contributed by atoms with Crippen molar-refractivity contribution >= 4 is 27.2 Å². The van der Waals surface area contributed by atoms with Crippen molar-refractivity contribution in [3.05, 3.63) is 15.9 Å². The van der Waals surface area contributed by atoms with Gasteiger partial charge >= 0.3 is 0 Å². The van der Waals surface area contributed by atoms with Crippen LogP contribution < -0.4 is 17.0 Å². The highest BCUT2D eigenvalue weighted by molar-refractivity contribution is 7.20. The third kappa shape index (κ3) is 1.54. The Morgan fingerprint density at radius 3 is 2.87 bits per heavy atom. The smallest absolute Gasteiger partial charge is 0.280 e. The van der Waals surface area contributed by atoms with Crippen molar-refractivity contribution in [2.75, 3.05) is 11.5 Å². The summed E-state index contributed by atoms with van der Waals surface area (Å²) >= 11 is 1.15. The molecule has 80 valence electrons. The molecule has 0 aliphatic carbocycles. The fraction of sp³-hybridized carbons (Fsp3) is 0.375. The van der Waals surface area contributed by atoms with E-state index in [1.807, 2.05) is 6.92 Å². The molecule has 2 aromatic heterocycles. The van der Waals surface area contributed by atoms with Crippen molar-refractivity contribution in [2.24, 2.45) is 0 Å². The largest absolute Gasteiger partial charge is 0.383 e. The Labute approximate surface area is 89.5 Å². The molecule has 0 aliphatic rings. The topological polar surface area (TPSA) is 99.3 Å². The first kappa shape index (κ1) is 9.91. The van der Waals surface area contributed by atoms with Crippen molar-refractivity contribution in [3.63, 3.8) is 0 Å². The van der Waals surface area contributed by atoms with Crippen LogP contribution in [0.15, 0.2) is 4.79 Å². The molecule has 0 atom stereocenters. The Kier molecular flexibility index (Phi) is 2.31. The third-order valence-electron chi connectivity index (χ3n) is 2.05. The Balaban J connectivity index is 2.77. The van der Waals surface area contributed by atoms with E-state index in [1.165, 1.54) is 4.52 Å². The zero-order valence-corrected chi connectivity index (χ0v) is 9.04. The van der Waals surface area contributed by atoms with E-state index in [4.69, 9.17) is 11.5 Å². The molecular formula is C8H11N5OS. The van der Waals surface area contributed by atoms with Crippen LogP contribution in [0.3, 0.4) is 0 Å². The average Bonchev–Trinajstić information content (AvgIpc) is 2.53. The monoisotopic (exact) mass is 225 g/mol. The van der Waals surface area contributed by atoms with E-state index in [2.05, 4.69) is 10.1 Å². The molecule has 0 aliphatic heterocycles. The Morgan fingerprint density at radius 1 is 1.47 bits per heavy atom. The molecule has 2 aromatic rings. The molecule has 4 N–H and O–H groups in total. The second kappa shape index (κ2) is 3.50. The lowest BCUT2D eigenvalue weighted by Gasteiger charge is -2.01. The Bertz CT molecular complexity index is 558. The summed E-state index contributed by atoms with van der Waals surface area (Å²) < 4.78 is 1.21. The molecule has 0 radical (unpaired) electrons. The summed E-state index contributed by atoms with van der Waals surface area (Å²) in [5.74, 6) is 0.283. The lowest BCUT2D eigenvalue weighted by atomic mass is 10.2. The van der Waals surface area contributed by atoms with E-state index >= 15 is 0 Å². The molecule has 0 aromatic carbocycles. The third-order valence-corrected chi connectivity index (χ3v) is 2.79. The minimum absolute atomic E-state index is 0.215. The Morgan fingerprint density at radius 2 is 2.20 bits per heavy atom. The number of fused-ring (bicyclic) bond motifs is 1. The van der Waals surface area contributed by atoms with Gasteiger partial charge in [0.25, 0.3) is 5.56 Å². The fourth-order valence-electron chi connectivity index (χ4n) is 1.39. The predicted molar refractivity (Wildman–Crippen MR) is 60.0 cm³/mol. The lowest BCUT2D eigenvalue weighted by molar-refractivity contribution is 0.839. The molecule has 2 rings (SSSR count). The van der Waals surface area contributed by atoms with Crippen molar-refractivity contribution in [1.82, 2.24) is 14.6 Å². The molecule has 0 saturated carbocycles. The summed E-state index contributed by atoms with van der Waals surface area (Å²) in [6.45, 7) is 1.98. The van der Waals surface area contributed by atoms with Crippen molar-refractivity contribution in [1.29, 1.82) is 0 Å². The Hall–Kier alpha value is -1.63. The van der Waals surface area contributed by atoms with E-state index in [1.54, 1.807) is 0 Å². The van der Waals surface area contributed by atoms with Gasteiger partial charge in [-0.15, -0.1) is 5.10 Å². The average molecular weight is 225 g/mol. The highest BCUT2D eigenvalue weighted by Gasteiger charge is 2.12. The van der Waals surface area contributed by atoms with Crippen molar-refractivity contribution in [2.45, 2.75) is 19.8 Å². The molecule has 0 unspecified atom stereocenters. The number of nitrogen functional groups attached to an aromatic ring is 2. The van der Waals surface area contributed by atoms with Gasteiger partial charge in [-0.3, -0.25) is 4.79 Å². The summed E-state index contributed by atoms with van der Waals surface area (Å²) in [6, 6.07) is 0. The maximum Gasteiger partial charge on any atom is 0.280 e. The van der Waals surface area contributed by atoms with Gasteiger partial charge in [-0.25, -0.2) is 4.98 Å². The van der Waals surface area contributed by atoms with E-state index in [0.29, 0.717) is 22.1 Å². The normalized spacial score (nSPS) is 11.0. The van der Waals surface area contributed by atoms with E-state index in [9.17, 15) is 4.79 Å². The van der Waals surface area contributed by atoms with Crippen LogP contribution in [0.4, 0.5) is 10.9 Å². The van der Waals surface area contributed by atoms with Gasteiger partial charge in [0, 0.05) is 0 Å². The van der Waals surface area contributed by atoms with E-state index < -0.39 is 0 Å². The maximum absolute atomic E-state index is 11.9. The second-order valence-corrected chi connectivity index (χ2v) is 4.15. The molecule has 0 bridgehead atoms. The maximum atomic E-state index is 11.9. The molecule has 7 heteroatoms. The molecule has 0 spiro atoms. The molecular weight excluding hydrogens is 214 g/mol. The van der Waals surface area contributed by atoms with Crippen LogP contribution in [-0.2, 0) is 6.42 Å². The predicted octanol–water partition coefficient (Wildman–Crippen LogP) is 0.268. The molecule has 15 heavy (non-hydrogen) atoms. The first-order chi connectivity index (χ1) is 7.13. The SMILES string of the molecule is CCCc1c(N)nc2sc(N)nn2c1=O. The van der Waals surface area contributed by atoms with Gasteiger partial charge < -0.3 is 11.5 Å². The minimum Gasteiger partial charge on any atom is -0.383 e. The number of hydrogen-bond donors (Lipinski definition) is 2. The van der Waals surface area contributed by atoms with Crippen LogP contribution in [0.25, 0.3) is 4.96 Å². The highest BCUT2D eigenvalue weighted by Crippen LogP contribution is 2.15. The van der Waals surface area contributed by atoms with Gasteiger partial charge in [-0.1, -0.05) is 24.7 Å². The zero-order chi connectivity index (χ0) is 11.0. The van der Waals surface area contributed by atoms with Crippen molar-refractivity contribution in [3.8, 4) is 0 Å². The first-order valence-electron chi connectivity index (χ1n) is 4.57. The number of aromatic nitrogens is 3. The molecule has 0 amide bonds. The highest BCUT2D eigenvalue weighted by atomic mass is 32.1. The van der Waals surface area contributed by atoms with Gasteiger partial charge in [-0.05, 0) is 6.42 Å². The number of hydrogen-bond acceptors (Lipinski definition) is 6. The first-order valence-corrected chi connectivity index (χ1v) is 5.38. The summed E-state index contributed by atoms with van der Waals surface area (Å²) in [5, 5.41) is 4.19. The number of anilines is 2. The molecule has 6 nitrogen and oxygen atoms in total. The van der Waals surface area contributed by atoms with Crippen LogP contribution in [0, 0.1) is 0 Å². The van der Waals surface area contributed by atoms with E-state index in [0.717, 1.165) is 17.8 Å². The summed E-state index contributed by atoms with van der Waals surface area (Å²) in [4.78, 5) is 16.4. The van der Waals surface area contributed by atoms with E-state index in [-0.39, 0.29) is 11.4 Å². The van der Waals surface area contributed by atoms with Crippen LogP contribution in [0.5, 0.6) is 0 Å². The quantitative estimate of drug-likeness (QED) is 0.764.